The molecule has 0 N–H and O–H groups in total. The lowest BCUT2D eigenvalue weighted by molar-refractivity contribution is 0.0719. The lowest BCUT2D eigenvalue weighted by Gasteiger charge is -2.17. The van der Waals surface area contributed by atoms with Gasteiger partial charge in [0.1, 0.15) is 11.5 Å². The number of hydrogen-bond donors (Lipinski definition) is 0. The number of rotatable bonds is 5. The number of ether oxygens (including phenoxy) is 4. The summed E-state index contributed by atoms with van der Waals surface area (Å²) in [5.41, 5.74) is 1.05. The molecule has 30 heavy (non-hydrogen) atoms. The Morgan fingerprint density at radius 3 is 1.67 bits per heavy atom. The molecular weight excluding hydrogens is 384 g/mol. The molecule has 158 valence electrons. The van der Waals surface area contributed by atoms with Gasteiger partial charge in [0.15, 0.2) is 0 Å². The topological polar surface area (TPSA) is 71.1 Å². The fourth-order valence-electron chi connectivity index (χ4n) is 3.19. The van der Waals surface area contributed by atoms with E-state index in [0.717, 1.165) is 12.0 Å². The Morgan fingerprint density at radius 1 is 0.733 bits per heavy atom. The van der Waals surface area contributed by atoms with E-state index in [1.807, 2.05) is 43.3 Å². The van der Waals surface area contributed by atoms with Crippen molar-refractivity contribution in [3.63, 3.8) is 0 Å². The number of fused-ring (bicyclic) bond motifs is 2. The Kier molecular flexibility index (Phi) is 6.45. The molecule has 0 saturated heterocycles. The molecule has 0 heterocycles. The molecule has 0 saturated carbocycles. The molecular formula is C24H26O6. The normalized spacial score (nSPS) is 11.2. The van der Waals surface area contributed by atoms with E-state index in [2.05, 4.69) is 0 Å². The third-order valence-corrected chi connectivity index (χ3v) is 4.43. The second-order valence-corrected chi connectivity index (χ2v) is 7.47. The monoisotopic (exact) mass is 410 g/mol. The first-order valence-corrected chi connectivity index (χ1v) is 10.0. The van der Waals surface area contributed by atoms with Gasteiger partial charge in [0.25, 0.3) is 0 Å². The quantitative estimate of drug-likeness (QED) is 0.275. The first kappa shape index (κ1) is 21.4. The average molecular weight is 410 g/mol. The molecule has 3 aromatic carbocycles. The summed E-state index contributed by atoms with van der Waals surface area (Å²) in [5, 5.41) is 2.55. The molecule has 0 aliphatic carbocycles. The molecule has 0 aliphatic rings. The van der Waals surface area contributed by atoms with Gasteiger partial charge in [-0.15, -0.1) is 0 Å². The molecule has 0 fully saturated rings. The number of carbonyl (C=O) groups is 2. The van der Waals surface area contributed by atoms with Crippen molar-refractivity contribution in [1.29, 1.82) is 0 Å². The SMILES string of the molecule is CCc1ccc2c(OC(=O)OC(C)C)c3ccccc3c(OC(=O)OC(C)C)c2c1. The number of aryl methyl sites for hydroxylation is 1. The van der Waals surface area contributed by atoms with Gasteiger partial charge < -0.3 is 18.9 Å². The zero-order valence-electron chi connectivity index (χ0n) is 17.9. The Balaban J connectivity index is 2.25. The van der Waals surface area contributed by atoms with E-state index in [-0.39, 0.29) is 12.2 Å². The van der Waals surface area contributed by atoms with Gasteiger partial charge in [-0.05, 0) is 45.7 Å². The summed E-state index contributed by atoms with van der Waals surface area (Å²) in [4.78, 5) is 24.6. The van der Waals surface area contributed by atoms with Gasteiger partial charge in [-0.3, -0.25) is 0 Å². The number of benzene rings is 3. The summed E-state index contributed by atoms with van der Waals surface area (Å²) < 4.78 is 21.6. The standard InChI is InChI=1S/C24H26O6/c1-6-16-11-12-19-20(13-16)22(30-24(26)28-15(4)5)18-10-8-7-9-17(18)21(19)29-23(25)27-14(2)3/h7-15H,6H2,1-5H3. The lowest BCUT2D eigenvalue weighted by Crippen LogP contribution is -2.17. The van der Waals surface area contributed by atoms with Crippen LogP contribution in [-0.2, 0) is 15.9 Å². The fraction of sp³-hybridized carbons (Fsp3) is 0.333. The maximum Gasteiger partial charge on any atom is 0.514 e. The largest absolute Gasteiger partial charge is 0.514 e. The van der Waals surface area contributed by atoms with E-state index in [0.29, 0.717) is 33.0 Å². The van der Waals surface area contributed by atoms with Gasteiger partial charge in [-0.1, -0.05) is 43.3 Å². The maximum absolute atomic E-state index is 12.3. The highest BCUT2D eigenvalue weighted by atomic mass is 16.7. The van der Waals surface area contributed by atoms with Crippen LogP contribution in [0.15, 0.2) is 42.5 Å². The summed E-state index contributed by atoms with van der Waals surface area (Å²) in [6, 6.07) is 13.0. The molecule has 0 aromatic heterocycles. The minimum atomic E-state index is -0.788. The van der Waals surface area contributed by atoms with Gasteiger partial charge in [-0.25, -0.2) is 9.59 Å². The van der Waals surface area contributed by atoms with Crippen LogP contribution in [0.5, 0.6) is 11.5 Å². The van der Waals surface area contributed by atoms with Gasteiger partial charge >= 0.3 is 12.3 Å². The molecule has 3 rings (SSSR count). The van der Waals surface area contributed by atoms with E-state index in [9.17, 15) is 9.59 Å². The number of hydrogen-bond acceptors (Lipinski definition) is 6. The zero-order chi connectivity index (χ0) is 21.8. The summed E-state index contributed by atoms with van der Waals surface area (Å²) in [6.45, 7) is 9.05. The van der Waals surface area contributed by atoms with Gasteiger partial charge in [-0.2, -0.15) is 0 Å². The zero-order valence-corrected chi connectivity index (χ0v) is 17.9. The van der Waals surface area contributed by atoms with E-state index in [1.165, 1.54) is 0 Å². The Labute approximate surface area is 175 Å². The summed E-state index contributed by atoms with van der Waals surface area (Å²) in [6.07, 6.45) is -1.40. The first-order valence-electron chi connectivity index (χ1n) is 10.0. The molecule has 6 heteroatoms. The lowest BCUT2D eigenvalue weighted by atomic mass is 9.98. The van der Waals surface area contributed by atoms with Crippen LogP contribution in [0.25, 0.3) is 21.5 Å². The third-order valence-electron chi connectivity index (χ3n) is 4.43. The number of carbonyl (C=O) groups excluding carboxylic acids is 2. The van der Waals surface area contributed by atoms with Crippen LogP contribution in [0.2, 0.25) is 0 Å². The van der Waals surface area contributed by atoms with Crippen molar-refractivity contribution in [3.8, 4) is 11.5 Å². The Morgan fingerprint density at radius 2 is 1.20 bits per heavy atom. The molecule has 0 unspecified atom stereocenters. The molecule has 6 nitrogen and oxygen atoms in total. The first-order chi connectivity index (χ1) is 14.3. The second kappa shape index (κ2) is 9.03. The van der Waals surface area contributed by atoms with E-state index in [1.54, 1.807) is 33.8 Å². The molecule has 0 radical (unpaired) electrons. The van der Waals surface area contributed by atoms with Gasteiger partial charge in [0, 0.05) is 21.5 Å². The fourth-order valence-corrected chi connectivity index (χ4v) is 3.19. The van der Waals surface area contributed by atoms with Crippen molar-refractivity contribution < 1.29 is 28.5 Å². The van der Waals surface area contributed by atoms with Crippen LogP contribution in [0.4, 0.5) is 9.59 Å². The molecule has 0 spiro atoms. The smallest absolute Gasteiger partial charge is 0.431 e. The van der Waals surface area contributed by atoms with Crippen molar-refractivity contribution in [2.75, 3.05) is 0 Å². The minimum absolute atomic E-state index is 0.310. The van der Waals surface area contributed by atoms with Crippen molar-refractivity contribution in [1.82, 2.24) is 0 Å². The second-order valence-electron chi connectivity index (χ2n) is 7.47. The van der Waals surface area contributed by atoms with Crippen LogP contribution < -0.4 is 9.47 Å². The van der Waals surface area contributed by atoms with E-state index >= 15 is 0 Å². The van der Waals surface area contributed by atoms with Crippen LogP contribution in [-0.4, -0.2) is 24.5 Å². The van der Waals surface area contributed by atoms with Crippen LogP contribution in [0.3, 0.4) is 0 Å². The predicted molar refractivity (Wildman–Crippen MR) is 115 cm³/mol. The highest BCUT2D eigenvalue weighted by molar-refractivity contribution is 6.12. The minimum Gasteiger partial charge on any atom is -0.431 e. The molecule has 0 bridgehead atoms. The van der Waals surface area contributed by atoms with Crippen molar-refractivity contribution in [2.24, 2.45) is 0 Å². The third kappa shape index (κ3) is 4.64. The maximum atomic E-state index is 12.3. The predicted octanol–water partition coefficient (Wildman–Crippen LogP) is 6.40. The molecule has 0 atom stereocenters. The van der Waals surface area contributed by atoms with Crippen molar-refractivity contribution in [2.45, 2.75) is 53.2 Å². The highest BCUT2D eigenvalue weighted by Gasteiger charge is 2.22. The van der Waals surface area contributed by atoms with E-state index < -0.39 is 12.3 Å². The average Bonchev–Trinajstić information content (AvgIpc) is 2.68. The molecule has 3 aromatic rings. The molecule has 0 aliphatic heterocycles. The van der Waals surface area contributed by atoms with Gasteiger partial charge in [0.2, 0.25) is 0 Å². The van der Waals surface area contributed by atoms with Crippen LogP contribution >= 0.6 is 0 Å². The summed E-state index contributed by atoms with van der Waals surface area (Å²) >= 11 is 0. The molecule has 0 amide bonds. The summed E-state index contributed by atoms with van der Waals surface area (Å²) in [7, 11) is 0. The van der Waals surface area contributed by atoms with E-state index in [4.69, 9.17) is 18.9 Å². The summed E-state index contributed by atoms with van der Waals surface area (Å²) in [5.74, 6) is 0.726. The Bertz CT molecular complexity index is 1080. The van der Waals surface area contributed by atoms with Gasteiger partial charge in [0.05, 0.1) is 12.2 Å². The van der Waals surface area contributed by atoms with Crippen molar-refractivity contribution >= 4 is 33.9 Å². The highest BCUT2D eigenvalue weighted by Crippen LogP contribution is 2.43. The van der Waals surface area contributed by atoms with Crippen LogP contribution in [0.1, 0.15) is 40.2 Å². The Hall–Kier alpha value is -3.28. The van der Waals surface area contributed by atoms with Crippen molar-refractivity contribution in [3.05, 3.63) is 48.0 Å². The van der Waals surface area contributed by atoms with Crippen LogP contribution in [0, 0.1) is 0 Å².